The molecule has 0 spiro atoms. The Bertz CT molecular complexity index is 488. The van der Waals surface area contributed by atoms with Gasteiger partial charge in [-0.2, -0.15) is 13.2 Å². The van der Waals surface area contributed by atoms with Gasteiger partial charge < -0.3 is 9.47 Å². The summed E-state index contributed by atoms with van der Waals surface area (Å²) >= 11 is 1.98. The molecule has 0 unspecified atom stereocenters. The first kappa shape index (κ1) is 16.7. The molecule has 0 aliphatic carbocycles. The molecule has 2 rings (SSSR count). The van der Waals surface area contributed by atoms with Crippen LogP contribution in [0.3, 0.4) is 0 Å². The van der Waals surface area contributed by atoms with Crippen LogP contribution in [-0.4, -0.2) is 37.9 Å². The monoisotopic (exact) mass is 415 g/mol. The summed E-state index contributed by atoms with van der Waals surface area (Å²) in [6.07, 6.45) is -1.97. The molecule has 0 atom stereocenters. The number of ether oxygens (including phenoxy) is 2. The topological polar surface area (TPSA) is 21.7 Å². The molecule has 0 bridgehead atoms. The molecule has 1 fully saturated rings. The van der Waals surface area contributed by atoms with Gasteiger partial charge in [0.25, 0.3) is 0 Å². The number of methoxy groups -OCH3 is 1. The van der Waals surface area contributed by atoms with Crippen molar-refractivity contribution in [2.75, 3.05) is 26.8 Å². The summed E-state index contributed by atoms with van der Waals surface area (Å²) < 4.78 is 47.5. The molecule has 0 saturated carbocycles. The minimum Gasteiger partial charge on any atom is -0.493 e. The van der Waals surface area contributed by atoms with E-state index in [1.807, 2.05) is 28.7 Å². The summed E-state index contributed by atoms with van der Waals surface area (Å²) in [6.45, 7) is 1.59. The van der Waals surface area contributed by atoms with E-state index in [4.69, 9.17) is 9.47 Å². The number of nitrogens with zero attached hydrogens (tertiary/aromatic N) is 1. The maximum Gasteiger partial charge on any atom is 0.422 e. The van der Waals surface area contributed by atoms with Gasteiger partial charge in [-0.1, -0.05) is 0 Å². The van der Waals surface area contributed by atoms with E-state index in [-0.39, 0.29) is 5.75 Å². The van der Waals surface area contributed by atoms with Crippen LogP contribution in [0.15, 0.2) is 12.1 Å². The molecule has 1 heterocycles. The molecule has 1 saturated heterocycles. The molecule has 1 aliphatic rings. The standard InChI is InChI=1S/C14H17F3INO2/c1-20-12-7-10(8-19-4-2-3-5-19)6-11(18)13(12)21-9-14(15,16)17/h6-7H,2-5,8-9H2,1H3. The van der Waals surface area contributed by atoms with Crippen LogP contribution in [0.5, 0.6) is 11.5 Å². The van der Waals surface area contributed by atoms with E-state index in [2.05, 4.69) is 4.90 Å². The third kappa shape index (κ3) is 4.91. The largest absolute Gasteiger partial charge is 0.493 e. The number of benzene rings is 1. The highest BCUT2D eigenvalue weighted by Gasteiger charge is 2.29. The molecule has 0 radical (unpaired) electrons. The SMILES string of the molecule is COc1cc(CN2CCCC2)cc(I)c1OCC(F)(F)F. The second kappa shape index (κ2) is 7.04. The Kier molecular flexibility index (Phi) is 5.59. The van der Waals surface area contributed by atoms with E-state index in [1.165, 1.54) is 20.0 Å². The van der Waals surface area contributed by atoms with E-state index in [9.17, 15) is 13.2 Å². The summed E-state index contributed by atoms with van der Waals surface area (Å²) in [5.41, 5.74) is 1.03. The fourth-order valence-corrected chi connectivity index (χ4v) is 3.18. The van der Waals surface area contributed by atoms with E-state index in [1.54, 1.807) is 6.07 Å². The van der Waals surface area contributed by atoms with Crippen molar-refractivity contribution in [1.29, 1.82) is 0 Å². The molecule has 118 valence electrons. The molecule has 1 aromatic carbocycles. The highest BCUT2D eigenvalue weighted by Crippen LogP contribution is 2.35. The molecular weight excluding hydrogens is 398 g/mol. The maximum atomic E-state index is 12.3. The number of alkyl halides is 3. The fraction of sp³-hybridized carbons (Fsp3) is 0.571. The Morgan fingerprint density at radius 3 is 2.48 bits per heavy atom. The Balaban J connectivity index is 2.14. The Hall–Kier alpha value is -0.700. The van der Waals surface area contributed by atoms with Crippen molar-refractivity contribution < 1.29 is 22.6 Å². The van der Waals surface area contributed by atoms with Crippen molar-refractivity contribution in [2.45, 2.75) is 25.6 Å². The molecule has 7 heteroatoms. The molecule has 0 N–H and O–H groups in total. The van der Waals surface area contributed by atoms with Gasteiger partial charge >= 0.3 is 6.18 Å². The predicted octanol–water partition coefficient (Wildman–Crippen LogP) is 3.84. The lowest BCUT2D eigenvalue weighted by atomic mass is 10.2. The number of halogens is 4. The maximum absolute atomic E-state index is 12.3. The van der Waals surface area contributed by atoms with Crippen molar-refractivity contribution in [3.05, 3.63) is 21.3 Å². The summed E-state index contributed by atoms with van der Waals surface area (Å²) in [7, 11) is 1.44. The van der Waals surface area contributed by atoms with Crippen LogP contribution < -0.4 is 9.47 Å². The second-order valence-electron chi connectivity index (χ2n) is 5.00. The first-order valence-corrected chi connectivity index (χ1v) is 7.75. The molecular formula is C14H17F3INO2. The summed E-state index contributed by atoms with van der Waals surface area (Å²) in [4.78, 5) is 2.32. The predicted molar refractivity (Wildman–Crippen MR) is 81.8 cm³/mol. The quantitative estimate of drug-likeness (QED) is 0.683. The zero-order chi connectivity index (χ0) is 15.5. The zero-order valence-electron chi connectivity index (χ0n) is 11.7. The van der Waals surface area contributed by atoms with Crippen LogP contribution in [0.1, 0.15) is 18.4 Å². The Morgan fingerprint density at radius 2 is 1.90 bits per heavy atom. The first-order chi connectivity index (χ1) is 9.89. The van der Waals surface area contributed by atoms with Gasteiger partial charge in [0, 0.05) is 6.54 Å². The lowest BCUT2D eigenvalue weighted by Crippen LogP contribution is -2.20. The van der Waals surface area contributed by atoms with E-state index >= 15 is 0 Å². The second-order valence-corrected chi connectivity index (χ2v) is 6.16. The highest BCUT2D eigenvalue weighted by molar-refractivity contribution is 14.1. The van der Waals surface area contributed by atoms with E-state index in [0.717, 1.165) is 25.2 Å². The normalized spacial score (nSPS) is 16.2. The van der Waals surface area contributed by atoms with Gasteiger partial charge in [-0.05, 0) is 66.2 Å². The van der Waals surface area contributed by atoms with Crippen LogP contribution >= 0.6 is 22.6 Å². The third-order valence-corrected chi connectivity index (χ3v) is 4.08. The summed E-state index contributed by atoms with van der Waals surface area (Å²) in [6, 6.07) is 3.61. The summed E-state index contributed by atoms with van der Waals surface area (Å²) in [5, 5.41) is 0. The minimum absolute atomic E-state index is 0.153. The highest BCUT2D eigenvalue weighted by atomic mass is 127. The lowest BCUT2D eigenvalue weighted by molar-refractivity contribution is -0.153. The molecule has 1 aromatic rings. The smallest absolute Gasteiger partial charge is 0.422 e. The molecule has 3 nitrogen and oxygen atoms in total. The van der Waals surface area contributed by atoms with Crippen molar-refractivity contribution >= 4 is 22.6 Å². The van der Waals surface area contributed by atoms with Crippen LogP contribution in [0.25, 0.3) is 0 Å². The number of rotatable bonds is 5. The molecule has 0 aromatic heterocycles. The number of likely N-dealkylation sites (tertiary alicyclic amines) is 1. The average Bonchev–Trinajstić information content (AvgIpc) is 2.88. The van der Waals surface area contributed by atoms with Crippen LogP contribution in [-0.2, 0) is 6.54 Å². The fourth-order valence-electron chi connectivity index (χ4n) is 2.36. The zero-order valence-corrected chi connectivity index (χ0v) is 13.8. The van der Waals surface area contributed by atoms with Crippen molar-refractivity contribution in [3.8, 4) is 11.5 Å². The van der Waals surface area contributed by atoms with E-state index < -0.39 is 12.8 Å². The summed E-state index contributed by atoms with van der Waals surface area (Å²) in [5.74, 6) is 0.501. The Labute approximate surface area is 135 Å². The number of hydrogen-bond donors (Lipinski definition) is 0. The van der Waals surface area contributed by atoms with Crippen molar-refractivity contribution in [2.24, 2.45) is 0 Å². The lowest BCUT2D eigenvalue weighted by Gasteiger charge is -2.18. The number of hydrogen-bond acceptors (Lipinski definition) is 3. The molecule has 1 aliphatic heterocycles. The third-order valence-electron chi connectivity index (χ3n) is 3.27. The van der Waals surface area contributed by atoms with Crippen LogP contribution in [0, 0.1) is 3.57 Å². The van der Waals surface area contributed by atoms with Crippen LogP contribution in [0.2, 0.25) is 0 Å². The molecule has 0 amide bonds. The van der Waals surface area contributed by atoms with Gasteiger partial charge in [-0.15, -0.1) is 0 Å². The van der Waals surface area contributed by atoms with Crippen molar-refractivity contribution in [1.82, 2.24) is 4.90 Å². The van der Waals surface area contributed by atoms with Crippen molar-refractivity contribution in [3.63, 3.8) is 0 Å². The van der Waals surface area contributed by atoms with Crippen LogP contribution in [0.4, 0.5) is 13.2 Å². The van der Waals surface area contributed by atoms with Gasteiger partial charge in [0.05, 0.1) is 10.7 Å². The van der Waals surface area contributed by atoms with E-state index in [0.29, 0.717) is 9.32 Å². The van der Waals surface area contributed by atoms with Gasteiger partial charge in [0.2, 0.25) is 0 Å². The Morgan fingerprint density at radius 1 is 1.24 bits per heavy atom. The van der Waals surface area contributed by atoms with Gasteiger partial charge in [0.15, 0.2) is 18.1 Å². The average molecular weight is 415 g/mol. The van der Waals surface area contributed by atoms with Gasteiger partial charge in [0.1, 0.15) is 0 Å². The molecule has 21 heavy (non-hydrogen) atoms. The van der Waals surface area contributed by atoms with Gasteiger partial charge in [-0.3, -0.25) is 4.90 Å². The minimum atomic E-state index is -4.36. The first-order valence-electron chi connectivity index (χ1n) is 6.67. The van der Waals surface area contributed by atoms with Gasteiger partial charge in [-0.25, -0.2) is 0 Å².